The Labute approximate surface area is 128 Å². The molecule has 0 saturated carbocycles. The SMILES string of the molecule is CO/N=C(\C(=O)N(C)OC)c1cc(OC)ccc1OC(C)=O. The highest BCUT2D eigenvalue weighted by atomic mass is 16.7. The van der Waals surface area contributed by atoms with Crippen molar-refractivity contribution in [3.8, 4) is 11.5 Å². The van der Waals surface area contributed by atoms with E-state index < -0.39 is 11.9 Å². The number of likely N-dealkylation sites (N-methyl/N-ethyl adjacent to an activating group) is 1. The molecule has 0 aliphatic heterocycles. The van der Waals surface area contributed by atoms with Crippen LogP contribution in [0.25, 0.3) is 0 Å². The van der Waals surface area contributed by atoms with Crippen LogP contribution in [-0.2, 0) is 19.3 Å². The lowest BCUT2D eigenvalue weighted by Gasteiger charge is -2.16. The zero-order valence-corrected chi connectivity index (χ0v) is 13.1. The van der Waals surface area contributed by atoms with Gasteiger partial charge >= 0.3 is 5.97 Å². The van der Waals surface area contributed by atoms with Gasteiger partial charge in [0.2, 0.25) is 0 Å². The maximum atomic E-state index is 12.3. The third kappa shape index (κ3) is 4.19. The minimum atomic E-state index is -0.578. The van der Waals surface area contributed by atoms with Gasteiger partial charge in [0.05, 0.1) is 19.8 Å². The first-order valence-electron chi connectivity index (χ1n) is 6.24. The van der Waals surface area contributed by atoms with Gasteiger partial charge in [-0.05, 0) is 18.2 Å². The molecule has 8 heteroatoms. The number of methoxy groups -OCH3 is 1. The molecule has 22 heavy (non-hydrogen) atoms. The van der Waals surface area contributed by atoms with Gasteiger partial charge in [-0.15, -0.1) is 0 Å². The van der Waals surface area contributed by atoms with Crippen LogP contribution in [0.3, 0.4) is 0 Å². The van der Waals surface area contributed by atoms with Crippen molar-refractivity contribution >= 4 is 17.6 Å². The van der Waals surface area contributed by atoms with E-state index >= 15 is 0 Å². The fourth-order valence-electron chi connectivity index (χ4n) is 1.59. The van der Waals surface area contributed by atoms with Crippen LogP contribution in [0.1, 0.15) is 12.5 Å². The molecule has 0 saturated heterocycles. The summed E-state index contributed by atoms with van der Waals surface area (Å²) in [6, 6.07) is 4.61. The van der Waals surface area contributed by atoms with E-state index in [1.807, 2.05) is 0 Å². The maximum absolute atomic E-state index is 12.3. The summed E-state index contributed by atoms with van der Waals surface area (Å²) in [4.78, 5) is 33.1. The molecule has 8 nitrogen and oxygen atoms in total. The number of esters is 1. The Balaban J connectivity index is 3.41. The molecule has 0 atom stereocenters. The third-order valence-electron chi connectivity index (χ3n) is 2.64. The Bertz CT molecular complexity index is 585. The Morgan fingerprint density at radius 2 is 1.86 bits per heavy atom. The van der Waals surface area contributed by atoms with E-state index in [0.29, 0.717) is 5.75 Å². The van der Waals surface area contributed by atoms with Crippen molar-refractivity contribution < 1.29 is 28.7 Å². The van der Waals surface area contributed by atoms with E-state index in [2.05, 4.69) is 5.16 Å². The number of hydroxylamine groups is 2. The first-order valence-corrected chi connectivity index (χ1v) is 6.24. The van der Waals surface area contributed by atoms with Crippen LogP contribution in [0.2, 0.25) is 0 Å². The molecule has 0 N–H and O–H groups in total. The van der Waals surface area contributed by atoms with Crippen LogP contribution in [-0.4, -0.2) is 51.0 Å². The minimum absolute atomic E-state index is 0.0954. The van der Waals surface area contributed by atoms with Crippen LogP contribution in [0.5, 0.6) is 11.5 Å². The minimum Gasteiger partial charge on any atom is -0.497 e. The number of rotatable bonds is 6. The summed E-state index contributed by atoms with van der Waals surface area (Å²) in [6.07, 6.45) is 0. The summed E-state index contributed by atoms with van der Waals surface area (Å²) in [6.45, 7) is 1.25. The predicted molar refractivity (Wildman–Crippen MR) is 77.6 cm³/mol. The molecule has 120 valence electrons. The number of oxime groups is 1. The third-order valence-corrected chi connectivity index (χ3v) is 2.64. The van der Waals surface area contributed by atoms with Gasteiger partial charge in [-0.2, -0.15) is 0 Å². The standard InChI is InChI=1S/C14H18N2O6/c1-9(17)22-12-7-6-10(19-3)8-11(12)13(15-20-4)14(18)16(2)21-5/h6-8H,1-5H3/b15-13-. The van der Waals surface area contributed by atoms with Gasteiger partial charge in [0.1, 0.15) is 18.6 Å². The number of hydrogen-bond donors (Lipinski definition) is 0. The number of benzene rings is 1. The average molecular weight is 310 g/mol. The second-order valence-corrected chi connectivity index (χ2v) is 4.06. The van der Waals surface area contributed by atoms with Crippen molar-refractivity contribution in [2.45, 2.75) is 6.92 Å². The number of carbonyl (C=O) groups excluding carboxylic acids is 2. The highest BCUT2D eigenvalue weighted by Gasteiger charge is 2.24. The molecule has 0 radical (unpaired) electrons. The smallest absolute Gasteiger partial charge is 0.308 e. The van der Waals surface area contributed by atoms with Crippen molar-refractivity contribution in [3.05, 3.63) is 23.8 Å². The maximum Gasteiger partial charge on any atom is 0.308 e. The van der Waals surface area contributed by atoms with Crippen molar-refractivity contribution in [2.24, 2.45) is 5.16 Å². The lowest BCUT2D eigenvalue weighted by Crippen LogP contribution is -2.33. The van der Waals surface area contributed by atoms with Gasteiger partial charge < -0.3 is 14.3 Å². The zero-order valence-electron chi connectivity index (χ0n) is 13.1. The average Bonchev–Trinajstić information content (AvgIpc) is 2.51. The quantitative estimate of drug-likeness (QED) is 0.337. The molecule has 0 bridgehead atoms. The zero-order chi connectivity index (χ0) is 16.7. The lowest BCUT2D eigenvalue weighted by atomic mass is 10.1. The largest absolute Gasteiger partial charge is 0.497 e. The molecule has 0 fully saturated rings. The predicted octanol–water partition coefficient (Wildman–Crippen LogP) is 0.991. The van der Waals surface area contributed by atoms with E-state index in [0.717, 1.165) is 5.06 Å². The molecule has 0 spiro atoms. The summed E-state index contributed by atoms with van der Waals surface area (Å²) in [5, 5.41) is 4.67. The van der Waals surface area contributed by atoms with Crippen LogP contribution in [0.4, 0.5) is 0 Å². The number of hydrogen-bond acceptors (Lipinski definition) is 7. The summed E-state index contributed by atoms with van der Waals surface area (Å²) in [5.74, 6) is -0.494. The van der Waals surface area contributed by atoms with Crippen molar-refractivity contribution in [3.63, 3.8) is 0 Å². The van der Waals surface area contributed by atoms with Crippen molar-refractivity contribution in [2.75, 3.05) is 28.4 Å². The molecule has 0 heterocycles. The Morgan fingerprint density at radius 3 is 2.36 bits per heavy atom. The molecule has 1 amide bonds. The van der Waals surface area contributed by atoms with Crippen LogP contribution < -0.4 is 9.47 Å². The summed E-state index contributed by atoms with van der Waals surface area (Å²) >= 11 is 0. The normalized spacial score (nSPS) is 10.9. The van der Waals surface area contributed by atoms with Crippen LogP contribution >= 0.6 is 0 Å². The molecule has 0 aliphatic carbocycles. The summed E-state index contributed by atoms with van der Waals surface area (Å²) in [7, 11) is 5.52. The molecule has 1 aromatic rings. The van der Waals surface area contributed by atoms with E-state index in [4.69, 9.17) is 19.1 Å². The first kappa shape index (κ1) is 17.4. The summed E-state index contributed by atoms with van der Waals surface area (Å²) < 4.78 is 10.2. The summed E-state index contributed by atoms with van der Waals surface area (Å²) in [5.41, 5.74) is 0.146. The lowest BCUT2D eigenvalue weighted by molar-refractivity contribution is -0.160. The van der Waals surface area contributed by atoms with Crippen molar-refractivity contribution in [1.82, 2.24) is 5.06 Å². The van der Waals surface area contributed by atoms with Gasteiger partial charge in [-0.1, -0.05) is 5.16 Å². The van der Waals surface area contributed by atoms with Gasteiger partial charge in [-0.25, -0.2) is 5.06 Å². The second-order valence-electron chi connectivity index (χ2n) is 4.06. The van der Waals surface area contributed by atoms with Gasteiger partial charge in [0.15, 0.2) is 5.71 Å². The topological polar surface area (TPSA) is 86.7 Å². The highest BCUT2D eigenvalue weighted by molar-refractivity contribution is 6.45. The molecule has 0 aromatic heterocycles. The number of nitrogens with zero attached hydrogens (tertiary/aromatic N) is 2. The Hall–Kier alpha value is -2.61. The molecule has 0 unspecified atom stereocenters. The van der Waals surface area contributed by atoms with Gasteiger partial charge in [0, 0.05) is 14.0 Å². The fraction of sp³-hybridized carbons (Fsp3) is 0.357. The van der Waals surface area contributed by atoms with Crippen LogP contribution in [0.15, 0.2) is 23.4 Å². The van der Waals surface area contributed by atoms with E-state index in [1.165, 1.54) is 47.4 Å². The second kappa shape index (κ2) is 7.99. The molecular weight excluding hydrogens is 292 g/mol. The van der Waals surface area contributed by atoms with Crippen LogP contribution in [0, 0.1) is 0 Å². The van der Waals surface area contributed by atoms with Gasteiger partial charge in [-0.3, -0.25) is 14.4 Å². The fourth-order valence-corrected chi connectivity index (χ4v) is 1.59. The first-order chi connectivity index (χ1) is 10.4. The molecule has 1 aromatic carbocycles. The highest BCUT2D eigenvalue weighted by Crippen LogP contribution is 2.26. The van der Waals surface area contributed by atoms with E-state index in [1.54, 1.807) is 6.07 Å². The van der Waals surface area contributed by atoms with E-state index in [9.17, 15) is 9.59 Å². The Kier molecular flexibility index (Phi) is 6.33. The number of ether oxygens (including phenoxy) is 2. The number of carbonyl (C=O) groups is 2. The van der Waals surface area contributed by atoms with E-state index in [-0.39, 0.29) is 17.0 Å². The Morgan fingerprint density at radius 1 is 1.18 bits per heavy atom. The molecule has 0 aliphatic rings. The monoisotopic (exact) mass is 310 g/mol. The molecule has 1 rings (SSSR count). The van der Waals surface area contributed by atoms with Crippen molar-refractivity contribution in [1.29, 1.82) is 0 Å². The number of amides is 1. The molecular formula is C14H18N2O6. The van der Waals surface area contributed by atoms with Gasteiger partial charge in [0.25, 0.3) is 5.91 Å².